The molecule has 5 heteroatoms. The first-order chi connectivity index (χ1) is 9.78. The van der Waals surface area contributed by atoms with Crippen LogP contribution in [0.15, 0.2) is 18.2 Å². The Morgan fingerprint density at radius 2 is 2.00 bits per heavy atom. The van der Waals surface area contributed by atoms with Crippen LogP contribution in [0.5, 0.6) is 5.75 Å². The Balaban J connectivity index is 0.000000690. The average Bonchev–Trinajstić information content (AvgIpc) is 2.39. The fourth-order valence-corrected chi connectivity index (χ4v) is 1.99. The van der Waals surface area contributed by atoms with Crippen molar-refractivity contribution in [3.63, 3.8) is 0 Å². The van der Waals surface area contributed by atoms with Crippen LogP contribution in [0.2, 0.25) is 0 Å². The normalized spacial score (nSPS) is 10.2. The molecule has 0 N–H and O–H groups in total. The van der Waals surface area contributed by atoms with Crippen LogP contribution in [0.25, 0.3) is 0 Å². The number of methoxy groups -OCH3 is 1. The zero-order valence-electron chi connectivity index (χ0n) is 13.2. The van der Waals surface area contributed by atoms with Crippen LogP contribution < -0.4 is 4.74 Å². The van der Waals surface area contributed by atoms with Gasteiger partial charge in [-0.05, 0) is 32.0 Å². The second kappa shape index (κ2) is 9.10. The summed E-state index contributed by atoms with van der Waals surface area (Å²) in [6.45, 7) is 8.02. The fourth-order valence-electron chi connectivity index (χ4n) is 1.99. The maximum absolute atomic E-state index is 13.2. The predicted octanol–water partition coefficient (Wildman–Crippen LogP) is 3.27. The number of benzene rings is 1. The van der Waals surface area contributed by atoms with Crippen LogP contribution in [0.1, 0.15) is 39.7 Å². The van der Waals surface area contributed by atoms with Crippen molar-refractivity contribution >= 4 is 12.3 Å². The Labute approximate surface area is 125 Å². The second-order valence-electron chi connectivity index (χ2n) is 5.16. The minimum Gasteiger partial charge on any atom is -0.496 e. The largest absolute Gasteiger partial charge is 0.496 e. The van der Waals surface area contributed by atoms with Crippen molar-refractivity contribution < 1.29 is 23.5 Å². The number of rotatable bonds is 6. The fraction of sp³-hybridized carbons (Fsp3) is 0.500. The predicted molar refractivity (Wildman–Crippen MR) is 79.0 cm³/mol. The Morgan fingerprint density at radius 3 is 2.38 bits per heavy atom. The zero-order chi connectivity index (χ0) is 16.5. The molecule has 0 saturated heterocycles. The number of Topliss-reactive ketones (excluding diaryl/α,β-unsaturated/α-hetero) is 1. The summed E-state index contributed by atoms with van der Waals surface area (Å²) in [6.07, 6.45) is 0.368. The van der Waals surface area contributed by atoms with Gasteiger partial charge in [0.15, 0.2) is 0 Å². The third-order valence-corrected chi connectivity index (χ3v) is 2.82. The highest BCUT2D eigenvalue weighted by molar-refractivity contribution is 5.77. The van der Waals surface area contributed by atoms with E-state index in [2.05, 4.69) is 4.74 Å². The van der Waals surface area contributed by atoms with Crippen molar-refractivity contribution in [3.8, 4) is 5.75 Å². The third kappa shape index (κ3) is 6.88. The van der Waals surface area contributed by atoms with E-state index in [1.54, 1.807) is 20.1 Å². The molecule has 0 radical (unpaired) electrons. The quantitative estimate of drug-likeness (QED) is 0.756. The summed E-state index contributed by atoms with van der Waals surface area (Å²) in [5.41, 5.74) is 0.310. The van der Waals surface area contributed by atoms with E-state index < -0.39 is 5.41 Å². The van der Waals surface area contributed by atoms with Crippen LogP contribution in [-0.4, -0.2) is 26.0 Å². The molecule has 1 aromatic carbocycles. The summed E-state index contributed by atoms with van der Waals surface area (Å²) in [4.78, 5) is 20.4. The Hall–Kier alpha value is -1.91. The van der Waals surface area contributed by atoms with E-state index in [1.807, 2.05) is 13.8 Å². The standard InChI is InChI=1S/C13H17FO2.C3H6O2/c1-9(15)8-13(2,3)11-7-10(14)5-6-12(11)16-4;1-2-5-3-4/h5-7H,8H2,1-4H3;3H,2H2,1H3. The minimum absolute atomic E-state index is 0.0799. The van der Waals surface area contributed by atoms with E-state index in [0.29, 0.717) is 25.2 Å². The first-order valence-electron chi connectivity index (χ1n) is 6.67. The van der Waals surface area contributed by atoms with Crippen LogP contribution in [0.4, 0.5) is 4.39 Å². The van der Waals surface area contributed by atoms with Crippen molar-refractivity contribution in [3.05, 3.63) is 29.6 Å². The molecule has 21 heavy (non-hydrogen) atoms. The molecule has 0 aliphatic carbocycles. The van der Waals surface area contributed by atoms with Gasteiger partial charge >= 0.3 is 0 Å². The maximum atomic E-state index is 13.2. The van der Waals surface area contributed by atoms with Gasteiger partial charge in [-0.15, -0.1) is 0 Å². The molecule has 0 bridgehead atoms. The summed E-state index contributed by atoms with van der Waals surface area (Å²) < 4.78 is 22.6. The molecule has 1 rings (SSSR count). The zero-order valence-corrected chi connectivity index (χ0v) is 13.2. The number of carbonyl (C=O) groups is 2. The van der Waals surface area contributed by atoms with E-state index in [0.717, 1.165) is 5.56 Å². The number of hydrogen-bond acceptors (Lipinski definition) is 4. The van der Waals surface area contributed by atoms with Gasteiger partial charge in [0.25, 0.3) is 6.47 Å². The van der Waals surface area contributed by atoms with Crippen molar-refractivity contribution in [1.82, 2.24) is 0 Å². The van der Waals surface area contributed by atoms with Crippen LogP contribution in [0.3, 0.4) is 0 Å². The summed E-state index contributed by atoms with van der Waals surface area (Å²) in [6, 6.07) is 4.38. The van der Waals surface area contributed by atoms with Gasteiger partial charge in [0.1, 0.15) is 17.3 Å². The molecule has 0 spiro atoms. The molecule has 0 atom stereocenters. The number of ketones is 1. The van der Waals surface area contributed by atoms with Crippen molar-refractivity contribution in [1.29, 1.82) is 0 Å². The van der Waals surface area contributed by atoms with E-state index in [9.17, 15) is 14.0 Å². The Bertz CT molecular complexity index is 469. The Morgan fingerprint density at radius 1 is 1.38 bits per heavy atom. The third-order valence-electron chi connectivity index (χ3n) is 2.82. The molecule has 0 aliphatic heterocycles. The van der Waals surface area contributed by atoms with Crippen LogP contribution in [0, 0.1) is 5.82 Å². The van der Waals surface area contributed by atoms with Gasteiger partial charge in [0.05, 0.1) is 13.7 Å². The highest BCUT2D eigenvalue weighted by Crippen LogP contribution is 2.34. The number of halogens is 1. The lowest BCUT2D eigenvalue weighted by molar-refractivity contribution is -0.128. The summed E-state index contributed by atoms with van der Waals surface area (Å²) in [5.74, 6) is 0.386. The first kappa shape index (κ1) is 19.1. The summed E-state index contributed by atoms with van der Waals surface area (Å²) >= 11 is 0. The molecule has 0 aliphatic rings. The molecule has 118 valence electrons. The minimum atomic E-state index is -0.417. The maximum Gasteiger partial charge on any atom is 0.293 e. The molecule has 0 aromatic heterocycles. The average molecular weight is 298 g/mol. The number of carbonyl (C=O) groups excluding carboxylic acids is 2. The van der Waals surface area contributed by atoms with Gasteiger partial charge in [0, 0.05) is 17.4 Å². The summed E-state index contributed by atoms with van der Waals surface area (Å²) in [5, 5.41) is 0. The van der Waals surface area contributed by atoms with Gasteiger partial charge in [-0.1, -0.05) is 13.8 Å². The molecule has 4 nitrogen and oxygen atoms in total. The lowest BCUT2D eigenvalue weighted by atomic mass is 9.80. The van der Waals surface area contributed by atoms with Crippen molar-refractivity contribution in [2.75, 3.05) is 13.7 Å². The van der Waals surface area contributed by atoms with Gasteiger partial charge in [-0.3, -0.25) is 9.59 Å². The Kier molecular flexibility index (Phi) is 8.28. The van der Waals surface area contributed by atoms with E-state index >= 15 is 0 Å². The van der Waals surface area contributed by atoms with Crippen molar-refractivity contribution in [2.24, 2.45) is 0 Å². The van der Waals surface area contributed by atoms with Crippen LogP contribution >= 0.6 is 0 Å². The topological polar surface area (TPSA) is 52.6 Å². The van der Waals surface area contributed by atoms with Gasteiger partial charge in [-0.2, -0.15) is 0 Å². The van der Waals surface area contributed by atoms with E-state index in [-0.39, 0.29) is 11.6 Å². The van der Waals surface area contributed by atoms with Gasteiger partial charge in [-0.25, -0.2) is 4.39 Å². The molecule has 0 amide bonds. The van der Waals surface area contributed by atoms with E-state index in [4.69, 9.17) is 4.74 Å². The molecule has 0 fully saturated rings. The highest BCUT2D eigenvalue weighted by Gasteiger charge is 2.26. The number of ether oxygens (including phenoxy) is 2. The monoisotopic (exact) mass is 298 g/mol. The second-order valence-corrected chi connectivity index (χ2v) is 5.16. The molecule has 0 saturated carbocycles. The lowest BCUT2D eigenvalue weighted by Crippen LogP contribution is -2.21. The molecule has 1 aromatic rings. The molecule has 0 unspecified atom stereocenters. The van der Waals surface area contributed by atoms with E-state index in [1.165, 1.54) is 19.1 Å². The lowest BCUT2D eigenvalue weighted by Gasteiger charge is -2.26. The van der Waals surface area contributed by atoms with Crippen molar-refractivity contribution in [2.45, 2.75) is 39.5 Å². The van der Waals surface area contributed by atoms with Crippen LogP contribution in [-0.2, 0) is 19.7 Å². The SMILES string of the molecule is CCOC=O.COc1ccc(F)cc1C(C)(C)CC(C)=O. The van der Waals surface area contributed by atoms with Gasteiger partial charge < -0.3 is 9.47 Å². The smallest absolute Gasteiger partial charge is 0.293 e. The molecule has 0 heterocycles. The van der Waals surface area contributed by atoms with Gasteiger partial charge in [0.2, 0.25) is 0 Å². The molecular formula is C16H23FO4. The first-order valence-corrected chi connectivity index (χ1v) is 6.67. The molecular weight excluding hydrogens is 275 g/mol. The highest BCUT2D eigenvalue weighted by atomic mass is 19.1. The number of hydrogen-bond donors (Lipinski definition) is 0. The summed E-state index contributed by atoms with van der Waals surface area (Å²) in [7, 11) is 1.54.